The normalized spacial score (nSPS) is 13.2. The van der Waals surface area contributed by atoms with E-state index in [-0.39, 0.29) is 5.91 Å². The number of carbonyl (C=O) groups excluding carboxylic acids is 1. The number of benzene rings is 2. The van der Waals surface area contributed by atoms with Crippen LogP contribution in [0, 0.1) is 6.92 Å². The van der Waals surface area contributed by atoms with Gasteiger partial charge < -0.3 is 14.8 Å². The molecule has 7 heteroatoms. The number of nitrogens with one attached hydrogen (secondary N) is 1. The predicted octanol–water partition coefficient (Wildman–Crippen LogP) is 3.81. The third-order valence-corrected chi connectivity index (χ3v) is 6.17. The van der Waals surface area contributed by atoms with Gasteiger partial charge >= 0.3 is 0 Å². The highest BCUT2D eigenvalue weighted by Crippen LogP contribution is 2.28. The number of carbonyl (C=O) groups is 1. The van der Waals surface area contributed by atoms with Crippen LogP contribution >= 0.6 is 11.8 Å². The van der Waals surface area contributed by atoms with Crippen molar-refractivity contribution in [2.45, 2.75) is 31.5 Å². The highest BCUT2D eigenvalue weighted by Gasteiger charge is 2.22. The Morgan fingerprint density at radius 3 is 2.76 bits per heavy atom. The van der Waals surface area contributed by atoms with E-state index in [4.69, 9.17) is 0 Å². The van der Waals surface area contributed by atoms with Gasteiger partial charge in [0, 0.05) is 25.0 Å². The highest BCUT2D eigenvalue weighted by molar-refractivity contribution is 7.99. The Labute approximate surface area is 175 Å². The zero-order chi connectivity index (χ0) is 20.2. The summed E-state index contributed by atoms with van der Waals surface area (Å²) in [7, 11) is 1.94. The number of para-hydroxylation sites is 1. The van der Waals surface area contributed by atoms with Crippen LogP contribution in [0.3, 0.4) is 0 Å². The maximum Gasteiger partial charge on any atom is 0.237 e. The summed E-state index contributed by atoms with van der Waals surface area (Å²) in [5.41, 5.74) is 4.58. The second-order valence-corrected chi connectivity index (χ2v) is 8.19. The van der Waals surface area contributed by atoms with Crippen molar-refractivity contribution in [2.24, 2.45) is 7.05 Å². The molecule has 1 N–H and O–H groups in total. The molecule has 1 aliphatic heterocycles. The third-order valence-electron chi connectivity index (χ3n) is 5.16. The number of aryl methyl sites for hydroxylation is 2. The molecule has 29 heavy (non-hydrogen) atoms. The van der Waals surface area contributed by atoms with Gasteiger partial charge in [0.15, 0.2) is 11.0 Å². The molecule has 0 saturated heterocycles. The monoisotopic (exact) mass is 407 g/mol. The van der Waals surface area contributed by atoms with Crippen molar-refractivity contribution in [2.75, 3.05) is 22.5 Å². The van der Waals surface area contributed by atoms with Gasteiger partial charge in [0.1, 0.15) is 0 Å². The lowest BCUT2D eigenvalue weighted by Crippen LogP contribution is -2.36. The van der Waals surface area contributed by atoms with Crippen molar-refractivity contribution in [3.05, 3.63) is 65.5 Å². The summed E-state index contributed by atoms with van der Waals surface area (Å²) in [5, 5.41) is 12.7. The first-order chi connectivity index (χ1) is 14.1. The van der Waals surface area contributed by atoms with Gasteiger partial charge in [-0.2, -0.15) is 0 Å². The fraction of sp³-hybridized carbons (Fsp3) is 0.318. The standard InChI is InChI=1S/C22H25N5OS/c1-16-9-11-18(12-10-16)23-14-20-24-25-22(26(20)2)29-15-21(28)27-13-5-7-17-6-3-4-8-19(17)27/h3-4,6,8-12,23H,5,7,13-15H2,1-2H3. The quantitative estimate of drug-likeness (QED) is 0.630. The van der Waals surface area contributed by atoms with E-state index in [9.17, 15) is 4.79 Å². The second-order valence-electron chi connectivity index (χ2n) is 7.24. The minimum atomic E-state index is 0.115. The van der Waals surface area contributed by atoms with E-state index in [1.165, 1.54) is 22.9 Å². The molecule has 1 amide bonds. The number of fused-ring (bicyclic) bond motifs is 1. The van der Waals surface area contributed by atoms with Crippen LogP contribution in [0.2, 0.25) is 0 Å². The lowest BCUT2D eigenvalue weighted by atomic mass is 10.0. The van der Waals surface area contributed by atoms with E-state index in [0.29, 0.717) is 12.3 Å². The van der Waals surface area contributed by atoms with Gasteiger partial charge in [-0.25, -0.2) is 0 Å². The molecule has 3 aromatic rings. The van der Waals surface area contributed by atoms with Crippen molar-refractivity contribution >= 4 is 29.0 Å². The lowest BCUT2D eigenvalue weighted by molar-refractivity contribution is -0.116. The smallest absolute Gasteiger partial charge is 0.237 e. The molecule has 4 rings (SSSR count). The number of nitrogens with zero attached hydrogens (tertiary/aromatic N) is 4. The van der Waals surface area contributed by atoms with Gasteiger partial charge in [-0.15, -0.1) is 10.2 Å². The molecule has 150 valence electrons. The van der Waals surface area contributed by atoms with Crippen molar-refractivity contribution in [1.82, 2.24) is 14.8 Å². The number of hydrogen-bond acceptors (Lipinski definition) is 5. The molecule has 0 unspecified atom stereocenters. The van der Waals surface area contributed by atoms with E-state index < -0.39 is 0 Å². The second kappa shape index (κ2) is 8.69. The van der Waals surface area contributed by atoms with E-state index in [1.54, 1.807) is 0 Å². The Morgan fingerprint density at radius 2 is 1.93 bits per heavy atom. The summed E-state index contributed by atoms with van der Waals surface area (Å²) in [6.45, 7) is 3.43. The van der Waals surface area contributed by atoms with Crippen molar-refractivity contribution in [3.63, 3.8) is 0 Å². The van der Waals surface area contributed by atoms with Gasteiger partial charge in [-0.05, 0) is 43.5 Å². The van der Waals surface area contributed by atoms with Crippen LogP contribution in [-0.2, 0) is 24.8 Å². The van der Waals surface area contributed by atoms with Crippen molar-refractivity contribution < 1.29 is 4.79 Å². The van der Waals surface area contributed by atoms with Gasteiger partial charge in [0.2, 0.25) is 5.91 Å². The lowest BCUT2D eigenvalue weighted by Gasteiger charge is -2.29. The van der Waals surface area contributed by atoms with Crippen molar-refractivity contribution in [1.29, 1.82) is 0 Å². The minimum Gasteiger partial charge on any atom is -0.378 e. The zero-order valence-electron chi connectivity index (χ0n) is 16.8. The zero-order valence-corrected chi connectivity index (χ0v) is 17.6. The Hall–Kier alpha value is -2.80. The number of hydrogen-bond donors (Lipinski definition) is 1. The molecule has 0 radical (unpaired) electrons. The molecule has 0 aliphatic carbocycles. The summed E-state index contributed by atoms with van der Waals surface area (Å²) >= 11 is 1.44. The van der Waals surface area contributed by atoms with E-state index >= 15 is 0 Å². The molecule has 6 nitrogen and oxygen atoms in total. The maximum absolute atomic E-state index is 12.8. The first-order valence-electron chi connectivity index (χ1n) is 9.81. The third kappa shape index (κ3) is 4.45. The Kier molecular flexibility index (Phi) is 5.85. The topological polar surface area (TPSA) is 63.1 Å². The van der Waals surface area contributed by atoms with Gasteiger partial charge in [0.25, 0.3) is 0 Å². The summed E-state index contributed by atoms with van der Waals surface area (Å²) in [6, 6.07) is 16.4. The number of rotatable bonds is 6. The van der Waals surface area contributed by atoms with Crippen LogP contribution < -0.4 is 10.2 Å². The van der Waals surface area contributed by atoms with E-state index in [1.807, 2.05) is 34.7 Å². The van der Waals surface area contributed by atoms with Crippen LogP contribution in [0.1, 0.15) is 23.4 Å². The van der Waals surface area contributed by atoms with Crippen LogP contribution in [0.5, 0.6) is 0 Å². The molecule has 2 aromatic carbocycles. The van der Waals surface area contributed by atoms with Crippen LogP contribution in [-0.4, -0.2) is 33.0 Å². The number of anilines is 2. The maximum atomic E-state index is 12.8. The molecular weight excluding hydrogens is 382 g/mol. The Morgan fingerprint density at radius 1 is 1.14 bits per heavy atom. The summed E-state index contributed by atoms with van der Waals surface area (Å²) in [6.07, 6.45) is 2.04. The van der Waals surface area contributed by atoms with Crippen LogP contribution in [0.25, 0.3) is 0 Å². The summed E-state index contributed by atoms with van der Waals surface area (Å²) < 4.78 is 1.95. The molecule has 0 saturated carbocycles. The Balaban J connectivity index is 1.36. The summed E-state index contributed by atoms with van der Waals surface area (Å²) in [5.74, 6) is 1.31. The molecular formula is C22H25N5OS. The molecule has 1 aliphatic rings. The fourth-order valence-electron chi connectivity index (χ4n) is 3.47. The summed E-state index contributed by atoms with van der Waals surface area (Å²) in [4.78, 5) is 14.7. The minimum absolute atomic E-state index is 0.115. The van der Waals surface area contributed by atoms with Gasteiger partial charge in [0.05, 0.1) is 12.3 Å². The van der Waals surface area contributed by atoms with Crippen LogP contribution in [0.15, 0.2) is 53.7 Å². The van der Waals surface area contributed by atoms with Gasteiger partial charge in [-0.3, -0.25) is 4.79 Å². The fourth-order valence-corrected chi connectivity index (χ4v) is 4.28. The van der Waals surface area contributed by atoms with Crippen LogP contribution in [0.4, 0.5) is 11.4 Å². The SMILES string of the molecule is Cc1ccc(NCc2nnc(SCC(=O)N3CCCc4ccccc43)n2C)cc1. The molecule has 0 atom stereocenters. The van der Waals surface area contributed by atoms with E-state index in [0.717, 1.165) is 41.7 Å². The number of amides is 1. The average Bonchev–Trinajstić information content (AvgIpc) is 3.10. The predicted molar refractivity (Wildman–Crippen MR) is 117 cm³/mol. The molecule has 0 bridgehead atoms. The molecule has 0 fully saturated rings. The Bertz CT molecular complexity index is 999. The number of aromatic nitrogens is 3. The first-order valence-corrected chi connectivity index (χ1v) is 10.8. The highest BCUT2D eigenvalue weighted by atomic mass is 32.2. The van der Waals surface area contributed by atoms with Crippen molar-refractivity contribution in [3.8, 4) is 0 Å². The number of thioether (sulfide) groups is 1. The molecule has 1 aromatic heterocycles. The molecule has 0 spiro atoms. The van der Waals surface area contributed by atoms with Gasteiger partial charge in [-0.1, -0.05) is 47.7 Å². The van der Waals surface area contributed by atoms with E-state index in [2.05, 4.69) is 52.8 Å². The average molecular weight is 408 g/mol. The largest absolute Gasteiger partial charge is 0.378 e. The molecule has 2 heterocycles. The first kappa shape index (κ1) is 19.5.